The van der Waals surface area contributed by atoms with Crippen LogP contribution < -0.4 is 5.32 Å². The standard InChI is InChI=1S/C10H15N3O3/c1-3-4-7-9(13-6-12-7)10(15)11-5-8(14)16-2/h6H,3-5H2,1-2H3,(H,11,15)(H,12,13). The molecule has 0 aliphatic heterocycles. The number of aromatic amines is 1. The highest BCUT2D eigenvalue weighted by atomic mass is 16.5. The summed E-state index contributed by atoms with van der Waals surface area (Å²) in [6, 6.07) is 0. The average molecular weight is 225 g/mol. The Morgan fingerprint density at radius 2 is 2.31 bits per heavy atom. The van der Waals surface area contributed by atoms with Gasteiger partial charge in [0.25, 0.3) is 5.91 Å². The Kier molecular flexibility index (Phi) is 4.50. The van der Waals surface area contributed by atoms with Gasteiger partial charge in [0, 0.05) is 5.69 Å². The number of rotatable bonds is 5. The third-order valence-corrected chi connectivity index (χ3v) is 2.05. The predicted molar refractivity (Wildman–Crippen MR) is 56.9 cm³/mol. The number of aryl methyl sites for hydroxylation is 1. The van der Waals surface area contributed by atoms with Crippen LogP contribution in [0.4, 0.5) is 0 Å². The zero-order chi connectivity index (χ0) is 12.0. The zero-order valence-electron chi connectivity index (χ0n) is 9.37. The van der Waals surface area contributed by atoms with Crippen molar-refractivity contribution in [2.24, 2.45) is 0 Å². The van der Waals surface area contributed by atoms with Gasteiger partial charge in [0.15, 0.2) is 0 Å². The van der Waals surface area contributed by atoms with E-state index in [9.17, 15) is 9.59 Å². The number of hydrogen-bond acceptors (Lipinski definition) is 4. The highest BCUT2D eigenvalue weighted by Gasteiger charge is 2.14. The van der Waals surface area contributed by atoms with Crippen molar-refractivity contribution in [3.8, 4) is 0 Å². The Balaban J connectivity index is 2.58. The van der Waals surface area contributed by atoms with Crippen molar-refractivity contribution < 1.29 is 14.3 Å². The van der Waals surface area contributed by atoms with Crippen LogP contribution in [0.25, 0.3) is 0 Å². The summed E-state index contributed by atoms with van der Waals surface area (Å²) in [5.41, 5.74) is 1.12. The van der Waals surface area contributed by atoms with Crippen molar-refractivity contribution >= 4 is 11.9 Å². The summed E-state index contributed by atoms with van der Waals surface area (Å²) in [6.07, 6.45) is 3.14. The summed E-state index contributed by atoms with van der Waals surface area (Å²) < 4.78 is 4.41. The third-order valence-electron chi connectivity index (χ3n) is 2.05. The van der Waals surface area contributed by atoms with Crippen LogP contribution in [-0.4, -0.2) is 35.5 Å². The van der Waals surface area contributed by atoms with E-state index in [0.717, 1.165) is 18.5 Å². The summed E-state index contributed by atoms with van der Waals surface area (Å²) in [4.78, 5) is 29.3. The molecular formula is C10H15N3O3. The Morgan fingerprint density at radius 3 is 2.94 bits per heavy atom. The smallest absolute Gasteiger partial charge is 0.325 e. The fraction of sp³-hybridized carbons (Fsp3) is 0.500. The molecule has 16 heavy (non-hydrogen) atoms. The normalized spacial score (nSPS) is 9.88. The second kappa shape index (κ2) is 5.89. The highest BCUT2D eigenvalue weighted by Crippen LogP contribution is 2.05. The largest absolute Gasteiger partial charge is 0.468 e. The minimum atomic E-state index is -0.485. The van der Waals surface area contributed by atoms with Gasteiger partial charge >= 0.3 is 5.97 Å². The Bertz CT molecular complexity index is 373. The fourth-order valence-corrected chi connectivity index (χ4v) is 1.27. The molecule has 1 rings (SSSR count). The summed E-state index contributed by atoms with van der Waals surface area (Å²) >= 11 is 0. The van der Waals surface area contributed by atoms with Crippen LogP contribution in [-0.2, 0) is 16.0 Å². The molecule has 0 saturated heterocycles. The SMILES string of the molecule is CCCc1[nH]cnc1C(=O)NCC(=O)OC. The van der Waals surface area contributed by atoms with Gasteiger partial charge in [-0.25, -0.2) is 4.98 Å². The van der Waals surface area contributed by atoms with E-state index < -0.39 is 5.97 Å². The molecule has 0 atom stereocenters. The van der Waals surface area contributed by atoms with E-state index in [2.05, 4.69) is 20.0 Å². The van der Waals surface area contributed by atoms with E-state index in [-0.39, 0.29) is 12.5 Å². The van der Waals surface area contributed by atoms with Crippen LogP contribution in [0.5, 0.6) is 0 Å². The van der Waals surface area contributed by atoms with E-state index >= 15 is 0 Å². The number of carbonyl (C=O) groups is 2. The second-order valence-electron chi connectivity index (χ2n) is 3.24. The van der Waals surface area contributed by atoms with Crippen molar-refractivity contribution in [2.75, 3.05) is 13.7 Å². The molecule has 0 aliphatic rings. The van der Waals surface area contributed by atoms with Crippen molar-refractivity contribution in [3.63, 3.8) is 0 Å². The number of nitrogens with zero attached hydrogens (tertiary/aromatic N) is 1. The Morgan fingerprint density at radius 1 is 1.56 bits per heavy atom. The van der Waals surface area contributed by atoms with E-state index in [1.165, 1.54) is 13.4 Å². The maximum atomic E-state index is 11.6. The number of nitrogens with one attached hydrogen (secondary N) is 2. The number of aromatic nitrogens is 2. The lowest BCUT2D eigenvalue weighted by Crippen LogP contribution is -2.31. The molecule has 6 nitrogen and oxygen atoms in total. The number of H-pyrrole nitrogens is 1. The molecule has 0 aromatic carbocycles. The molecule has 0 fully saturated rings. The number of carbonyl (C=O) groups excluding carboxylic acids is 2. The molecular weight excluding hydrogens is 210 g/mol. The predicted octanol–water partition coefficient (Wildman–Crippen LogP) is 0.265. The van der Waals surface area contributed by atoms with Crippen LogP contribution in [0.3, 0.4) is 0 Å². The topological polar surface area (TPSA) is 84.1 Å². The van der Waals surface area contributed by atoms with Crippen LogP contribution in [0.15, 0.2) is 6.33 Å². The maximum Gasteiger partial charge on any atom is 0.325 e. The molecule has 0 aliphatic carbocycles. The number of amides is 1. The quantitative estimate of drug-likeness (QED) is 0.704. The third kappa shape index (κ3) is 3.08. The van der Waals surface area contributed by atoms with Crippen LogP contribution in [0, 0.1) is 0 Å². The second-order valence-corrected chi connectivity index (χ2v) is 3.24. The zero-order valence-corrected chi connectivity index (χ0v) is 9.37. The molecule has 0 radical (unpaired) electrons. The van der Waals surface area contributed by atoms with Crippen LogP contribution in [0.2, 0.25) is 0 Å². The van der Waals surface area contributed by atoms with E-state index in [4.69, 9.17) is 0 Å². The lowest BCUT2D eigenvalue weighted by molar-refractivity contribution is -0.139. The number of hydrogen-bond donors (Lipinski definition) is 2. The summed E-state index contributed by atoms with van der Waals surface area (Å²) in [5.74, 6) is -0.851. The summed E-state index contributed by atoms with van der Waals surface area (Å²) in [7, 11) is 1.27. The number of esters is 1. The number of ether oxygens (including phenoxy) is 1. The van der Waals surface area contributed by atoms with E-state index in [1.807, 2.05) is 6.92 Å². The number of imidazole rings is 1. The van der Waals surface area contributed by atoms with Gasteiger partial charge in [0.1, 0.15) is 12.2 Å². The first-order valence-electron chi connectivity index (χ1n) is 5.06. The van der Waals surface area contributed by atoms with Gasteiger partial charge in [0.05, 0.1) is 13.4 Å². The van der Waals surface area contributed by atoms with Gasteiger partial charge in [-0.05, 0) is 6.42 Å². The number of methoxy groups -OCH3 is 1. The summed E-state index contributed by atoms with van der Waals surface area (Å²) in [5, 5.41) is 2.44. The van der Waals surface area contributed by atoms with E-state index in [1.54, 1.807) is 0 Å². The van der Waals surface area contributed by atoms with Gasteiger partial charge in [-0.15, -0.1) is 0 Å². The van der Waals surface area contributed by atoms with E-state index in [0.29, 0.717) is 5.69 Å². The first-order chi connectivity index (χ1) is 7.69. The first kappa shape index (κ1) is 12.2. The molecule has 1 heterocycles. The van der Waals surface area contributed by atoms with Gasteiger partial charge in [-0.2, -0.15) is 0 Å². The van der Waals surface area contributed by atoms with Crippen LogP contribution in [0.1, 0.15) is 29.5 Å². The van der Waals surface area contributed by atoms with Gasteiger partial charge < -0.3 is 15.0 Å². The van der Waals surface area contributed by atoms with Crippen molar-refractivity contribution in [2.45, 2.75) is 19.8 Å². The van der Waals surface area contributed by atoms with Gasteiger partial charge in [-0.3, -0.25) is 9.59 Å². The molecule has 1 aromatic rings. The molecule has 0 saturated carbocycles. The first-order valence-corrected chi connectivity index (χ1v) is 5.06. The summed E-state index contributed by atoms with van der Waals surface area (Å²) in [6.45, 7) is 1.87. The maximum absolute atomic E-state index is 11.6. The molecule has 0 spiro atoms. The molecule has 2 N–H and O–H groups in total. The molecule has 0 unspecified atom stereocenters. The van der Waals surface area contributed by atoms with Crippen molar-refractivity contribution in [1.29, 1.82) is 0 Å². The molecule has 1 amide bonds. The average Bonchev–Trinajstić information content (AvgIpc) is 2.74. The fourth-order valence-electron chi connectivity index (χ4n) is 1.27. The lowest BCUT2D eigenvalue weighted by atomic mass is 10.2. The lowest BCUT2D eigenvalue weighted by Gasteiger charge is -2.03. The van der Waals surface area contributed by atoms with Crippen molar-refractivity contribution in [3.05, 3.63) is 17.7 Å². The van der Waals surface area contributed by atoms with Gasteiger partial charge in [0.2, 0.25) is 0 Å². The van der Waals surface area contributed by atoms with Crippen LogP contribution >= 0.6 is 0 Å². The molecule has 88 valence electrons. The molecule has 0 bridgehead atoms. The monoisotopic (exact) mass is 225 g/mol. The Hall–Kier alpha value is -1.85. The molecule has 1 aromatic heterocycles. The van der Waals surface area contributed by atoms with Crippen molar-refractivity contribution in [1.82, 2.24) is 15.3 Å². The van der Waals surface area contributed by atoms with Gasteiger partial charge in [-0.1, -0.05) is 13.3 Å². The molecule has 6 heteroatoms. The minimum Gasteiger partial charge on any atom is -0.468 e. The highest BCUT2D eigenvalue weighted by molar-refractivity contribution is 5.95. The Labute approximate surface area is 93.4 Å². The minimum absolute atomic E-state index is 0.145.